The second-order valence-electron chi connectivity index (χ2n) is 4.34. The van der Waals surface area contributed by atoms with Gasteiger partial charge < -0.3 is 9.15 Å². The average Bonchev–Trinajstić information content (AvgIpc) is 2.87. The van der Waals surface area contributed by atoms with Crippen molar-refractivity contribution in [2.45, 2.75) is 20.8 Å². The maximum absolute atomic E-state index is 11.8. The van der Waals surface area contributed by atoms with E-state index in [2.05, 4.69) is 0 Å². The number of ketones is 1. The van der Waals surface area contributed by atoms with Crippen molar-refractivity contribution in [2.24, 2.45) is 0 Å². The van der Waals surface area contributed by atoms with Crippen LogP contribution >= 0.6 is 0 Å². The van der Waals surface area contributed by atoms with Crippen molar-refractivity contribution < 1.29 is 13.9 Å². The standard InChI is InChI=1S/C15H16O3/c1-10-6-7-11(2)15(12(10)3)18-9-13(16)14-5-4-8-17-14/h4-8H,9H2,1-3H3. The Morgan fingerprint density at radius 2 is 1.89 bits per heavy atom. The molecule has 0 atom stereocenters. The first-order chi connectivity index (χ1) is 8.59. The molecule has 1 aromatic carbocycles. The molecule has 18 heavy (non-hydrogen) atoms. The van der Waals surface area contributed by atoms with E-state index in [1.807, 2.05) is 32.9 Å². The monoisotopic (exact) mass is 244 g/mol. The van der Waals surface area contributed by atoms with E-state index in [4.69, 9.17) is 9.15 Å². The van der Waals surface area contributed by atoms with E-state index in [9.17, 15) is 4.79 Å². The van der Waals surface area contributed by atoms with E-state index < -0.39 is 0 Å². The fourth-order valence-electron chi connectivity index (χ4n) is 1.79. The van der Waals surface area contributed by atoms with E-state index >= 15 is 0 Å². The third-order valence-electron chi connectivity index (χ3n) is 3.02. The molecule has 0 radical (unpaired) electrons. The van der Waals surface area contributed by atoms with Crippen molar-refractivity contribution in [2.75, 3.05) is 6.61 Å². The van der Waals surface area contributed by atoms with Gasteiger partial charge in [-0.3, -0.25) is 4.79 Å². The van der Waals surface area contributed by atoms with Crippen LogP contribution in [0, 0.1) is 20.8 Å². The lowest BCUT2D eigenvalue weighted by Gasteiger charge is -2.12. The van der Waals surface area contributed by atoms with Crippen LogP contribution in [0.3, 0.4) is 0 Å². The highest BCUT2D eigenvalue weighted by atomic mass is 16.5. The van der Waals surface area contributed by atoms with Crippen molar-refractivity contribution in [1.29, 1.82) is 0 Å². The van der Waals surface area contributed by atoms with Crippen LogP contribution in [0.2, 0.25) is 0 Å². The predicted octanol–water partition coefficient (Wildman–Crippen LogP) is 3.47. The molecule has 1 heterocycles. The maximum atomic E-state index is 11.8. The summed E-state index contributed by atoms with van der Waals surface area (Å²) in [4.78, 5) is 11.8. The van der Waals surface area contributed by atoms with Crippen LogP contribution in [0.25, 0.3) is 0 Å². The molecule has 0 aliphatic heterocycles. The van der Waals surface area contributed by atoms with Crippen molar-refractivity contribution >= 4 is 5.78 Å². The number of furan rings is 1. The van der Waals surface area contributed by atoms with Gasteiger partial charge in [-0.1, -0.05) is 12.1 Å². The lowest BCUT2D eigenvalue weighted by molar-refractivity contribution is 0.0893. The molecule has 2 rings (SSSR count). The summed E-state index contributed by atoms with van der Waals surface area (Å²) < 4.78 is 10.7. The lowest BCUT2D eigenvalue weighted by Crippen LogP contribution is -2.12. The number of benzene rings is 1. The number of carbonyl (C=O) groups excluding carboxylic acids is 1. The Morgan fingerprint density at radius 3 is 2.56 bits per heavy atom. The zero-order valence-electron chi connectivity index (χ0n) is 10.8. The first-order valence-corrected chi connectivity index (χ1v) is 5.86. The topological polar surface area (TPSA) is 39.4 Å². The van der Waals surface area contributed by atoms with Crippen LogP contribution in [0.4, 0.5) is 0 Å². The van der Waals surface area contributed by atoms with Gasteiger partial charge in [0, 0.05) is 0 Å². The summed E-state index contributed by atoms with van der Waals surface area (Å²) in [5.41, 5.74) is 3.26. The number of ether oxygens (including phenoxy) is 1. The van der Waals surface area contributed by atoms with Crippen molar-refractivity contribution in [1.82, 2.24) is 0 Å². The molecule has 0 saturated heterocycles. The summed E-state index contributed by atoms with van der Waals surface area (Å²) in [6.45, 7) is 5.99. The predicted molar refractivity (Wildman–Crippen MR) is 69.2 cm³/mol. The minimum atomic E-state index is -0.152. The van der Waals surface area contributed by atoms with E-state index in [0.717, 1.165) is 22.4 Å². The first-order valence-electron chi connectivity index (χ1n) is 5.86. The van der Waals surface area contributed by atoms with Gasteiger partial charge in [0.2, 0.25) is 5.78 Å². The number of rotatable bonds is 4. The molecule has 0 aliphatic rings. The van der Waals surface area contributed by atoms with Crippen LogP contribution in [-0.2, 0) is 0 Å². The molecule has 0 aliphatic carbocycles. The Morgan fingerprint density at radius 1 is 1.17 bits per heavy atom. The molecule has 0 amide bonds. The van der Waals surface area contributed by atoms with Gasteiger partial charge in [0.15, 0.2) is 12.4 Å². The molecule has 1 aromatic heterocycles. The number of hydrogen-bond acceptors (Lipinski definition) is 3. The van der Waals surface area contributed by atoms with Crippen LogP contribution in [-0.4, -0.2) is 12.4 Å². The van der Waals surface area contributed by atoms with E-state index in [1.165, 1.54) is 6.26 Å². The highest BCUT2D eigenvalue weighted by Crippen LogP contribution is 2.25. The molecule has 0 fully saturated rings. The van der Waals surface area contributed by atoms with Gasteiger partial charge in [-0.15, -0.1) is 0 Å². The summed E-state index contributed by atoms with van der Waals surface area (Å²) in [6, 6.07) is 7.37. The van der Waals surface area contributed by atoms with Crippen molar-refractivity contribution in [3.05, 3.63) is 53.0 Å². The van der Waals surface area contributed by atoms with Gasteiger partial charge in [0.05, 0.1) is 6.26 Å². The Bertz CT molecular complexity index is 553. The number of Topliss-reactive ketones (excluding diaryl/α,β-unsaturated/α-hetero) is 1. The van der Waals surface area contributed by atoms with Gasteiger partial charge >= 0.3 is 0 Å². The number of aryl methyl sites for hydroxylation is 2. The van der Waals surface area contributed by atoms with Gasteiger partial charge in [-0.2, -0.15) is 0 Å². The molecular weight excluding hydrogens is 228 g/mol. The highest BCUT2D eigenvalue weighted by molar-refractivity contribution is 5.94. The summed E-state index contributed by atoms with van der Waals surface area (Å²) in [5, 5.41) is 0. The Balaban J connectivity index is 2.11. The van der Waals surface area contributed by atoms with Crippen LogP contribution in [0.1, 0.15) is 27.2 Å². The second kappa shape index (κ2) is 5.08. The Kier molecular flexibility index (Phi) is 3.51. The quantitative estimate of drug-likeness (QED) is 0.773. The third kappa shape index (κ3) is 2.45. The number of hydrogen-bond donors (Lipinski definition) is 0. The summed E-state index contributed by atoms with van der Waals surface area (Å²) in [7, 11) is 0. The molecule has 2 aromatic rings. The zero-order valence-corrected chi connectivity index (χ0v) is 10.8. The zero-order chi connectivity index (χ0) is 13.1. The average molecular weight is 244 g/mol. The minimum absolute atomic E-state index is 0.00134. The molecule has 0 unspecified atom stereocenters. The molecule has 0 spiro atoms. The van der Waals surface area contributed by atoms with E-state index in [0.29, 0.717) is 5.76 Å². The highest BCUT2D eigenvalue weighted by Gasteiger charge is 2.12. The van der Waals surface area contributed by atoms with Crippen molar-refractivity contribution in [3.63, 3.8) is 0 Å². The molecule has 0 bridgehead atoms. The molecule has 3 nitrogen and oxygen atoms in total. The van der Waals surface area contributed by atoms with Crippen LogP contribution in [0.15, 0.2) is 34.9 Å². The molecule has 0 saturated carbocycles. The molecule has 3 heteroatoms. The van der Waals surface area contributed by atoms with Gasteiger partial charge in [-0.25, -0.2) is 0 Å². The largest absolute Gasteiger partial charge is 0.485 e. The summed E-state index contributed by atoms with van der Waals surface area (Å²) >= 11 is 0. The Labute approximate surface area is 106 Å². The van der Waals surface area contributed by atoms with Crippen LogP contribution < -0.4 is 4.74 Å². The van der Waals surface area contributed by atoms with Crippen molar-refractivity contribution in [3.8, 4) is 5.75 Å². The molecule has 94 valence electrons. The van der Waals surface area contributed by atoms with E-state index in [-0.39, 0.29) is 12.4 Å². The molecular formula is C15H16O3. The Hall–Kier alpha value is -2.03. The lowest BCUT2D eigenvalue weighted by atomic mass is 10.1. The minimum Gasteiger partial charge on any atom is -0.485 e. The fourth-order valence-corrected chi connectivity index (χ4v) is 1.79. The summed E-state index contributed by atoms with van der Waals surface area (Å²) in [6.07, 6.45) is 1.48. The SMILES string of the molecule is Cc1ccc(C)c(OCC(=O)c2ccco2)c1C. The smallest absolute Gasteiger partial charge is 0.235 e. The fraction of sp³-hybridized carbons (Fsp3) is 0.267. The van der Waals surface area contributed by atoms with Gasteiger partial charge in [0.1, 0.15) is 5.75 Å². The normalized spacial score (nSPS) is 10.4. The molecule has 0 N–H and O–H groups in total. The van der Waals surface area contributed by atoms with Gasteiger partial charge in [-0.05, 0) is 49.6 Å². The third-order valence-corrected chi connectivity index (χ3v) is 3.02. The van der Waals surface area contributed by atoms with Gasteiger partial charge in [0.25, 0.3) is 0 Å². The second-order valence-corrected chi connectivity index (χ2v) is 4.34. The number of carbonyl (C=O) groups is 1. The first kappa shape index (κ1) is 12.4. The maximum Gasteiger partial charge on any atom is 0.235 e. The van der Waals surface area contributed by atoms with E-state index in [1.54, 1.807) is 12.1 Å². The van der Waals surface area contributed by atoms with Crippen LogP contribution in [0.5, 0.6) is 5.75 Å². The summed E-state index contributed by atoms with van der Waals surface area (Å²) in [5.74, 6) is 0.966.